The Morgan fingerprint density at radius 2 is 1.56 bits per heavy atom. The lowest BCUT2D eigenvalue weighted by molar-refractivity contribution is -0.263. The first-order chi connectivity index (χ1) is 17.7. The molecule has 5 atom stereocenters. The number of unbranched alkanes of at least 4 members (excludes halogenated alkanes) is 1. The smallest absolute Gasteiger partial charge is 0.190 e. The van der Waals surface area contributed by atoms with Crippen molar-refractivity contribution in [2.24, 2.45) is 0 Å². The van der Waals surface area contributed by atoms with Gasteiger partial charge in [-0.2, -0.15) is 0 Å². The maximum absolute atomic E-state index is 6.63. The van der Waals surface area contributed by atoms with Gasteiger partial charge < -0.3 is 33.2 Å². The summed E-state index contributed by atoms with van der Waals surface area (Å²) in [5.74, 6) is -0.0700. The third-order valence-electron chi connectivity index (χ3n) is 8.50. The maximum Gasteiger partial charge on any atom is 0.190 e. The zero-order valence-corrected chi connectivity index (χ0v) is 21.7. The van der Waals surface area contributed by atoms with Gasteiger partial charge in [0.25, 0.3) is 0 Å². The summed E-state index contributed by atoms with van der Waals surface area (Å²) >= 11 is 0. The third-order valence-corrected chi connectivity index (χ3v) is 8.50. The summed E-state index contributed by atoms with van der Waals surface area (Å²) in [5, 5.41) is 0. The van der Waals surface area contributed by atoms with Gasteiger partial charge in [0.05, 0.1) is 19.8 Å². The average Bonchev–Trinajstić information content (AvgIpc) is 3.56. The van der Waals surface area contributed by atoms with Crippen LogP contribution >= 0.6 is 0 Å². The number of ether oxygens (including phenoxy) is 7. The normalized spacial score (nSPS) is 34.9. The largest absolute Gasteiger partial charge is 0.494 e. The Morgan fingerprint density at radius 3 is 2.28 bits per heavy atom. The highest BCUT2D eigenvalue weighted by atomic mass is 16.9. The highest BCUT2D eigenvalue weighted by molar-refractivity contribution is 5.27. The van der Waals surface area contributed by atoms with Crippen molar-refractivity contribution in [3.63, 3.8) is 0 Å². The van der Waals surface area contributed by atoms with E-state index in [1.807, 2.05) is 12.1 Å². The van der Waals surface area contributed by atoms with Gasteiger partial charge in [-0.05, 0) is 49.8 Å². The maximum atomic E-state index is 6.63. The number of hydrogen-bond donors (Lipinski definition) is 0. The lowest BCUT2D eigenvalue weighted by Gasteiger charge is -2.35. The molecule has 0 aromatic heterocycles. The third kappa shape index (κ3) is 5.20. The molecule has 36 heavy (non-hydrogen) atoms. The van der Waals surface area contributed by atoms with E-state index in [4.69, 9.17) is 33.2 Å². The van der Waals surface area contributed by atoms with Gasteiger partial charge >= 0.3 is 0 Å². The topological polar surface area (TPSA) is 64.6 Å². The number of hydrogen-bond acceptors (Lipinski definition) is 7. The molecule has 6 rings (SSSR count). The predicted molar refractivity (Wildman–Crippen MR) is 132 cm³/mol. The van der Waals surface area contributed by atoms with Crippen LogP contribution in [0.3, 0.4) is 0 Å². The Balaban J connectivity index is 1.13. The van der Waals surface area contributed by atoms with Gasteiger partial charge in [0.1, 0.15) is 30.2 Å². The van der Waals surface area contributed by atoms with E-state index in [0.29, 0.717) is 13.2 Å². The molecule has 5 aliphatic rings. The van der Waals surface area contributed by atoms with Gasteiger partial charge in [0.2, 0.25) is 0 Å². The zero-order chi connectivity index (χ0) is 24.4. The molecule has 2 aliphatic carbocycles. The molecule has 1 aromatic carbocycles. The van der Waals surface area contributed by atoms with Gasteiger partial charge in [0, 0.05) is 25.7 Å². The van der Waals surface area contributed by atoms with Crippen LogP contribution in [0.4, 0.5) is 0 Å². The van der Waals surface area contributed by atoms with Crippen molar-refractivity contribution < 1.29 is 33.2 Å². The van der Waals surface area contributed by atoms with Crippen LogP contribution in [-0.4, -0.2) is 55.5 Å². The summed E-state index contributed by atoms with van der Waals surface area (Å²) in [5.41, 5.74) is 1.10. The summed E-state index contributed by atoms with van der Waals surface area (Å²) < 4.78 is 44.8. The van der Waals surface area contributed by atoms with Crippen LogP contribution < -0.4 is 4.74 Å². The number of rotatable bonds is 8. The van der Waals surface area contributed by atoms with Gasteiger partial charge in [0.15, 0.2) is 17.9 Å². The van der Waals surface area contributed by atoms with Gasteiger partial charge in [-0.3, -0.25) is 0 Å². The van der Waals surface area contributed by atoms with Gasteiger partial charge in [-0.15, -0.1) is 0 Å². The summed E-state index contributed by atoms with van der Waals surface area (Å²) in [6, 6.07) is 8.19. The lowest BCUT2D eigenvalue weighted by atomic mass is 9.94. The van der Waals surface area contributed by atoms with Crippen LogP contribution in [0, 0.1) is 0 Å². The quantitative estimate of drug-likeness (QED) is 0.427. The molecule has 0 amide bonds. The van der Waals surface area contributed by atoms with Gasteiger partial charge in [-0.25, -0.2) is 0 Å². The molecule has 3 saturated heterocycles. The Kier molecular flexibility index (Phi) is 7.57. The van der Waals surface area contributed by atoms with Crippen LogP contribution in [0.2, 0.25) is 0 Å². The van der Waals surface area contributed by atoms with Crippen molar-refractivity contribution in [2.45, 2.75) is 133 Å². The van der Waals surface area contributed by atoms with Crippen molar-refractivity contribution in [2.75, 3.05) is 13.2 Å². The molecule has 200 valence electrons. The summed E-state index contributed by atoms with van der Waals surface area (Å²) in [7, 11) is 0. The van der Waals surface area contributed by atoms with E-state index in [1.54, 1.807) is 0 Å². The van der Waals surface area contributed by atoms with Crippen molar-refractivity contribution >= 4 is 0 Å². The first kappa shape index (κ1) is 25.1. The van der Waals surface area contributed by atoms with Crippen molar-refractivity contribution in [3.8, 4) is 5.75 Å². The Labute approximate surface area is 215 Å². The van der Waals surface area contributed by atoms with E-state index >= 15 is 0 Å². The standard InChI is InChI=1S/C29H42O7/c1-2-3-18-30-22-12-10-21(11-13-22)19-31-25-24(23-20-32-28(34-23)14-6-4-7-15-28)33-27-26(25)35-29(36-27)16-8-5-9-17-29/h10-13,23-27H,2-9,14-20H2,1H3/t23-,24-,25+,26-,27-/m1/s1. The molecule has 0 N–H and O–H groups in total. The van der Waals surface area contributed by atoms with Crippen molar-refractivity contribution in [1.29, 1.82) is 0 Å². The molecule has 3 aliphatic heterocycles. The van der Waals surface area contributed by atoms with Crippen LogP contribution in [0.1, 0.15) is 89.5 Å². The molecule has 7 heteroatoms. The number of benzene rings is 1. The Morgan fingerprint density at radius 1 is 0.833 bits per heavy atom. The molecule has 0 radical (unpaired) electrons. The summed E-state index contributed by atoms with van der Waals surface area (Å²) in [6.45, 7) is 3.92. The highest BCUT2D eigenvalue weighted by Crippen LogP contribution is 2.48. The minimum atomic E-state index is -0.519. The number of fused-ring (bicyclic) bond motifs is 1. The minimum absolute atomic E-state index is 0.178. The molecule has 0 unspecified atom stereocenters. The first-order valence-electron chi connectivity index (χ1n) is 14.3. The van der Waals surface area contributed by atoms with E-state index in [2.05, 4.69) is 19.1 Å². The fraction of sp³-hybridized carbons (Fsp3) is 0.793. The monoisotopic (exact) mass is 502 g/mol. The van der Waals surface area contributed by atoms with E-state index in [0.717, 1.165) is 82.1 Å². The van der Waals surface area contributed by atoms with Crippen LogP contribution in [0.25, 0.3) is 0 Å². The molecule has 0 bridgehead atoms. The van der Waals surface area contributed by atoms with E-state index in [1.165, 1.54) is 12.8 Å². The highest BCUT2D eigenvalue weighted by Gasteiger charge is 2.61. The lowest BCUT2D eigenvalue weighted by Crippen LogP contribution is -2.45. The van der Waals surface area contributed by atoms with Crippen molar-refractivity contribution in [1.82, 2.24) is 0 Å². The second kappa shape index (κ2) is 10.9. The Hall–Kier alpha value is -1.22. The molecule has 3 heterocycles. The van der Waals surface area contributed by atoms with Gasteiger partial charge in [-0.1, -0.05) is 38.3 Å². The van der Waals surface area contributed by atoms with E-state index in [9.17, 15) is 0 Å². The molecule has 2 spiro atoms. The predicted octanol–water partition coefficient (Wildman–Crippen LogP) is 5.63. The average molecular weight is 503 g/mol. The van der Waals surface area contributed by atoms with E-state index in [-0.39, 0.29) is 24.4 Å². The zero-order valence-electron chi connectivity index (χ0n) is 21.7. The van der Waals surface area contributed by atoms with Crippen LogP contribution in [0.15, 0.2) is 24.3 Å². The molecule has 5 fully saturated rings. The SMILES string of the molecule is CCCCOc1ccc(CO[C@@H]2[C@H]3OC4(CCCCC4)O[C@H]3O[C@@H]2[C@H]2COC3(CCCCC3)O2)cc1. The second-order valence-electron chi connectivity index (χ2n) is 11.2. The summed E-state index contributed by atoms with van der Waals surface area (Å²) in [4.78, 5) is 0. The fourth-order valence-corrected chi connectivity index (χ4v) is 6.47. The molecular weight excluding hydrogens is 460 g/mol. The van der Waals surface area contributed by atoms with E-state index < -0.39 is 17.9 Å². The fourth-order valence-electron chi connectivity index (χ4n) is 6.47. The first-order valence-corrected chi connectivity index (χ1v) is 14.3. The Bertz CT molecular complexity index is 846. The minimum Gasteiger partial charge on any atom is -0.494 e. The second-order valence-corrected chi connectivity index (χ2v) is 11.2. The van der Waals surface area contributed by atoms with Crippen LogP contribution in [0.5, 0.6) is 5.75 Å². The molecule has 1 aromatic rings. The molecule has 7 nitrogen and oxygen atoms in total. The summed E-state index contributed by atoms with van der Waals surface area (Å²) in [6.07, 6.45) is 11.6. The van der Waals surface area contributed by atoms with Crippen molar-refractivity contribution in [3.05, 3.63) is 29.8 Å². The van der Waals surface area contributed by atoms with Crippen LogP contribution in [-0.2, 0) is 35.0 Å². The molecule has 2 saturated carbocycles. The molecular formula is C29H42O7.